The van der Waals surface area contributed by atoms with Crippen LogP contribution < -0.4 is 5.32 Å². The summed E-state index contributed by atoms with van der Waals surface area (Å²) in [5, 5.41) is 3.48. The van der Waals surface area contributed by atoms with Crippen LogP contribution in [0.1, 0.15) is 36.5 Å². The van der Waals surface area contributed by atoms with Crippen molar-refractivity contribution in [1.29, 1.82) is 0 Å². The Bertz CT molecular complexity index is 809. The summed E-state index contributed by atoms with van der Waals surface area (Å²) >= 11 is 5.86. The quantitative estimate of drug-likeness (QED) is 0.842. The highest BCUT2D eigenvalue weighted by atomic mass is 35.5. The number of nitrogens with zero attached hydrogens (tertiary/aromatic N) is 1. The summed E-state index contributed by atoms with van der Waals surface area (Å²) < 4.78 is 23.4. The van der Waals surface area contributed by atoms with Gasteiger partial charge in [0.2, 0.25) is 5.91 Å². The molecule has 2 aliphatic rings. The molecule has 6 nitrogen and oxygen atoms in total. The predicted molar refractivity (Wildman–Crippen MR) is 99.9 cm³/mol. The van der Waals surface area contributed by atoms with Crippen LogP contribution in [0.3, 0.4) is 0 Å². The van der Waals surface area contributed by atoms with Gasteiger partial charge in [0, 0.05) is 23.7 Å². The molecule has 26 heavy (non-hydrogen) atoms. The van der Waals surface area contributed by atoms with Crippen LogP contribution in [0, 0.1) is 5.92 Å². The smallest absolute Gasteiger partial charge is 0.253 e. The molecule has 0 aliphatic carbocycles. The molecule has 0 unspecified atom stereocenters. The van der Waals surface area contributed by atoms with E-state index in [0.29, 0.717) is 36.5 Å². The lowest BCUT2D eigenvalue weighted by molar-refractivity contribution is -0.127. The molecule has 1 aromatic carbocycles. The molecule has 1 aromatic rings. The van der Waals surface area contributed by atoms with Crippen LogP contribution in [0.5, 0.6) is 0 Å². The number of carbonyl (C=O) groups excluding carboxylic acids is 2. The fraction of sp³-hybridized carbons (Fsp3) is 0.556. The highest BCUT2D eigenvalue weighted by Crippen LogP contribution is 2.25. The molecular weight excluding hydrogens is 376 g/mol. The van der Waals surface area contributed by atoms with Crippen molar-refractivity contribution in [3.05, 3.63) is 34.9 Å². The number of likely N-dealkylation sites (tertiary alicyclic amines) is 1. The zero-order chi connectivity index (χ0) is 18.9. The first kappa shape index (κ1) is 19.2. The van der Waals surface area contributed by atoms with Gasteiger partial charge in [0.15, 0.2) is 9.84 Å². The van der Waals surface area contributed by atoms with E-state index in [1.54, 1.807) is 36.1 Å². The summed E-state index contributed by atoms with van der Waals surface area (Å²) in [6.45, 7) is 2.72. The van der Waals surface area contributed by atoms with Crippen molar-refractivity contribution in [2.45, 2.75) is 31.7 Å². The summed E-state index contributed by atoms with van der Waals surface area (Å²) in [7, 11) is -3.08. The van der Waals surface area contributed by atoms with Gasteiger partial charge < -0.3 is 10.2 Å². The van der Waals surface area contributed by atoms with Gasteiger partial charge in [0.1, 0.15) is 0 Å². The lowest BCUT2D eigenvalue weighted by Gasteiger charge is -2.34. The van der Waals surface area contributed by atoms with Gasteiger partial charge in [-0.2, -0.15) is 0 Å². The summed E-state index contributed by atoms with van der Waals surface area (Å²) in [4.78, 5) is 27.0. The minimum atomic E-state index is -3.08. The molecule has 0 aromatic heterocycles. The van der Waals surface area contributed by atoms with Gasteiger partial charge in [0.25, 0.3) is 5.91 Å². The Balaban J connectivity index is 1.63. The maximum absolute atomic E-state index is 12.7. The Morgan fingerprint density at radius 2 is 1.96 bits per heavy atom. The monoisotopic (exact) mass is 398 g/mol. The maximum Gasteiger partial charge on any atom is 0.253 e. The number of benzene rings is 1. The van der Waals surface area contributed by atoms with Crippen molar-refractivity contribution < 1.29 is 18.0 Å². The van der Waals surface area contributed by atoms with E-state index in [0.717, 1.165) is 6.42 Å². The van der Waals surface area contributed by atoms with Crippen molar-refractivity contribution in [1.82, 2.24) is 10.2 Å². The first-order valence-corrected chi connectivity index (χ1v) is 10.9. The topological polar surface area (TPSA) is 83.6 Å². The summed E-state index contributed by atoms with van der Waals surface area (Å²) in [5.74, 6) is -0.520. The van der Waals surface area contributed by atoms with Crippen molar-refractivity contribution in [3.8, 4) is 0 Å². The molecule has 2 heterocycles. The van der Waals surface area contributed by atoms with Crippen LogP contribution in [0.25, 0.3) is 0 Å². The van der Waals surface area contributed by atoms with Gasteiger partial charge in [-0.3, -0.25) is 9.59 Å². The summed E-state index contributed by atoms with van der Waals surface area (Å²) in [5.41, 5.74) is -0.164. The second kappa shape index (κ2) is 7.19. The first-order valence-electron chi connectivity index (χ1n) is 8.75. The van der Waals surface area contributed by atoms with Gasteiger partial charge in [-0.1, -0.05) is 11.6 Å². The minimum Gasteiger partial charge on any atom is -0.350 e. The van der Waals surface area contributed by atoms with Crippen LogP contribution >= 0.6 is 11.6 Å². The highest BCUT2D eigenvalue weighted by molar-refractivity contribution is 7.91. The van der Waals surface area contributed by atoms with Crippen LogP contribution in [0.2, 0.25) is 5.02 Å². The summed E-state index contributed by atoms with van der Waals surface area (Å²) in [6.07, 6.45) is 1.87. The molecule has 2 aliphatic heterocycles. The predicted octanol–water partition coefficient (Wildman–Crippen LogP) is 1.89. The third-order valence-electron chi connectivity index (χ3n) is 5.10. The first-order chi connectivity index (χ1) is 12.2. The van der Waals surface area contributed by atoms with E-state index in [1.165, 1.54) is 0 Å². The third-order valence-corrected chi connectivity index (χ3v) is 7.25. The van der Waals surface area contributed by atoms with E-state index >= 15 is 0 Å². The zero-order valence-corrected chi connectivity index (χ0v) is 16.3. The Morgan fingerprint density at radius 3 is 2.58 bits per heavy atom. The van der Waals surface area contributed by atoms with Crippen molar-refractivity contribution >= 4 is 33.3 Å². The van der Waals surface area contributed by atoms with E-state index < -0.39 is 15.4 Å². The van der Waals surface area contributed by atoms with E-state index in [2.05, 4.69) is 5.32 Å². The van der Waals surface area contributed by atoms with Crippen LogP contribution in [-0.4, -0.2) is 55.3 Å². The largest absolute Gasteiger partial charge is 0.350 e. The second-order valence-corrected chi connectivity index (χ2v) is 10.1. The van der Waals surface area contributed by atoms with E-state index in [1.807, 2.05) is 0 Å². The lowest BCUT2D eigenvalue weighted by Crippen LogP contribution is -2.52. The van der Waals surface area contributed by atoms with Crippen molar-refractivity contribution in [2.24, 2.45) is 5.92 Å². The number of rotatable bonds is 3. The number of carbonyl (C=O) groups is 2. The lowest BCUT2D eigenvalue weighted by atomic mass is 9.94. The van der Waals surface area contributed by atoms with Gasteiger partial charge in [0.05, 0.1) is 23.0 Å². The molecule has 2 fully saturated rings. The number of hydrogen-bond acceptors (Lipinski definition) is 4. The Labute approximate surface area is 158 Å². The Hall–Kier alpha value is -1.60. The number of hydrogen-bond donors (Lipinski definition) is 1. The summed E-state index contributed by atoms with van der Waals surface area (Å²) in [6, 6.07) is 6.70. The standard InChI is InChI=1S/C18H23ClN2O4S/c1-18(8-10-26(24,25)12-18)20-16(22)14-3-2-9-21(11-14)17(23)13-4-6-15(19)7-5-13/h4-7,14H,2-3,8-12H2,1H3,(H,20,22)/t14-,18+/m1/s1. The van der Waals surface area contributed by atoms with Crippen LogP contribution in [0.15, 0.2) is 24.3 Å². The normalized spacial score (nSPS) is 27.9. The molecule has 2 amide bonds. The number of sulfone groups is 1. The fourth-order valence-electron chi connectivity index (χ4n) is 3.66. The zero-order valence-electron chi connectivity index (χ0n) is 14.7. The number of piperidine rings is 1. The van der Waals surface area contributed by atoms with E-state index in [4.69, 9.17) is 11.6 Å². The number of amides is 2. The van der Waals surface area contributed by atoms with Crippen LogP contribution in [0.4, 0.5) is 0 Å². The van der Waals surface area contributed by atoms with Crippen molar-refractivity contribution in [3.63, 3.8) is 0 Å². The SMILES string of the molecule is C[C@]1(NC(=O)[C@@H]2CCCN(C(=O)c3ccc(Cl)cc3)C2)CCS(=O)(=O)C1. The van der Waals surface area contributed by atoms with E-state index in [9.17, 15) is 18.0 Å². The highest BCUT2D eigenvalue weighted by Gasteiger charge is 2.41. The Morgan fingerprint density at radius 1 is 1.27 bits per heavy atom. The second-order valence-electron chi connectivity index (χ2n) is 7.49. The molecule has 2 saturated heterocycles. The average Bonchev–Trinajstić information content (AvgIpc) is 2.88. The molecule has 142 valence electrons. The molecule has 3 rings (SSSR count). The molecular formula is C18H23ClN2O4S. The molecule has 0 spiro atoms. The van der Waals surface area contributed by atoms with Gasteiger partial charge in [-0.05, 0) is 50.5 Å². The fourth-order valence-corrected chi connectivity index (χ4v) is 5.88. The minimum absolute atomic E-state index is 0.0219. The Kier molecular flexibility index (Phi) is 5.30. The van der Waals surface area contributed by atoms with Crippen LogP contribution in [-0.2, 0) is 14.6 Å². The molecule has 0 radical (unpaired) electrons. The van der Waals surface area contributed by atoms with Gasteiger partial charge in [-0.25, -0.2) is 8.42 Å². The molecule has 8 heteroatoms. The van der Waals surface area contributed by atoms with Gasteiger partial charge in [-0.15, -0.1) is 0 Å². The molecule has 2 atom stereocenters. The maximum atomic E-state index is 12.7. The molecule has 0 saturated carbocycles. The number of nitrogens with one attached hydrogen (secondary N) is 1. The van der Waals surface area contributed by atoms with E-state index in [-0.39, 0.29) is 29.2 Å². The number of halogens is 1. The molecule has 0 bridgehead atoms. The van der Waals surface area contributed by atoms with Crippen molar-refractivity contribution in [2.75, 3.05) is 24.6 Å². The molecule has 1 N–H and O–H groups in total. The van der Waals surface area contributed by atoms with Gasteiger partial charge >= 0.3 is 0 Å². The average molecular weight is 399 g/mol. The third kappa shape index (κ3) is 4.38.